The summed E-state index contributed by atoms with van der Waals surface area (Å²) in [6, 6.07) is 0. The zero-order chi connectivity index (χ0) is 5.70. The lowest BCUT2D eigenvalue weighted by Crippen LogP contribution is -1.88. The van der Waals surface area contributed by atoms with Gasteiger partial charge in [-0.05, 0) is 6.92 Å². The summed E-state index contributed by atoms with van der Waals surface area (Å²) in [4.78, 5) is 3.68. The van der Waals surface area contributed by atoms with Crippen LogP contribution in [-0.4, -0.2) is 11.6 Å². The van der Waals surface area contributed by atoms with Gasteiger partial charge in [-0.1, -0.05) is 6.58 Å². The zero-order valence-electron chi connectivity index (χ0n) is 4.26. The predicted octanol–water partition coefficient (Wildman–Crippen LogP) is 1.83. The molecule has 0 saturated carbocycles. The van der Waals surface area contributed by atoms with E-state index in [0.717, 1.165) is 0 Å². The number of aliphatic imine (C=N–C) groups is 1. The largest absolute Gasteiger partial charge is 0.268 e. The van der Waals surface area contributed by atoms with Gasteiger partial charge in [-0.15, -0.1) is 11.6 Å². The average molecular weight is 118 g/mol. The highest BCUT2D eigenvalue weighted by Crippen LogP contribution is 1.86. The molecule has 0 aliphatic carbocycles. The molecule has 0 spiro atoms. The van der Waals surface area contributed by atoms with Gasteiger partial charge in [0.2, 0.25) is 0 Å². The third kappa shape index (κ3) is 5.70. The molecular formula is C5H8ClN. The highest BCUT2D eigenvalue weighted by Gasteiger charge is 1.82. The van der Waals surface area contributed by atoms with E-state index in [0.29, 0.717) is 0 Å². The third-order valence-electron chi connectivity index (χ3n) is 0.397. The molecule has 40 valence electrons. The van der Waals surface area contributed by atoms with Crippen LogP contribution in [0.2, 0.25) is 0 Å². The van der Waals surface area contributed by atoms with Gasteiger partial charge in [-0.2, -0.15) is 0 Å². The smallest absolute Gasteiger partial charge is 0.0660 e. The van der Waals surface area contributed by atoms with E-state index in [2.05, 4.69) is 11.6 Å². The second-order valence-electron chi connectivity index (χ2n) is 1.16. The molecule has 1 atom stereocenters. The van der Waals surface area contributed by atoms with Crippen molar-refractivity contribution in [3.8, 4) is 0 Å². The molecule has 0 fully saturated rings. The Morgan fingerprint density at radius 1 is 1.86 bits per heavy atom. The number of nitrogens with zero attached hydrogens (tertiary/aromatic N) is 1. The molecule has 0 saturated heterocycles. The van der Waals surface area contributed by atoms with Crippen LogP contribution in [0.25, 0.3) is 0 Å². The topological polar surface area (TPSA) is 12.4 Å². The van der Waals surface area contributed by atoms with Gasteiger partial charge in [0.15, 0.2) is 0 Å². The molecule has 1 unspecified atom stereocenters. The third-order valence-corrected chi connectivity index (χ3v) is 0.510. The van der Waals surface area contributed by atoms with Gasteiger partial charge in [-0.25, -0.2) is 0 Å². The Bertz CT molecular complexity index is 76.1. The summed E-state index contributed by atoms with van der Waals surface area (Å²) in [5.41, 5.74) is 0. The summed E-state index contributed by atoms with van der Waals surface area (Å²) in [6.07, 6.45) is 3.08. The Morgan fingerprint density at radius 3 is 2.57 bits per heavy atom. The molecule has 7 heavy (non-hydrogen) atoms. The molecule has 2 heteroatoms. The summed E-state index contributed by atoms with van der Waals surface area (Å²) in [6.45, 7) is 5.22. The fourth-order valence-electron chi connectivity index (χ4n) is 0.179. The van der Waals surface area contributed by atoms with E-state index in [-0.39, 0.29) is 5.38 Å². The number of halogens is 1. The molecule has 0 amide bonds. The molecule has 0 aliphatic rings. The van der Waals surface area contributed by atoms with Crippen molar-refractivity contribution in [2.75, 3.05) is 0 Å². The number of alkyl halides is 1. The summed E-state index contributed by atoms with van der Waals surface area (Å²) in [5, 5.41) is 0.0120. The minimum atomic E-state index is 0.0120. The highest BCUT2D eigenvalue weighted by molar-refractivity contribution is 6.27. The first-order valence-electron chi connectivity index (χ1n) is 2.05. The lowest BCUT2D eigenvalue weighted by molar-refractivity contribution is 1.32. The van der Waals surface area contributed by atoms with E-state index in [4.69, 9.17) is 11.6 Å². The lowest BCUT2D eigenvalue weighted by Gasteiger charge is -1.83. The maximum atomic E-state index is 5.46. The van der Waals surface area contributed by atoms with E-state index in [1.54, 1.807) is 6.21 Å². The summed E-state index contributed by atoms with van der Waals surface area (Å²) >= 11 is 5.46. The van der Waals surface area contributed by atoms with Crippen LogP contribution >= 0.6 is 11.6 Å². The first-order chi connectivity index (χ1) is 3.27. The molecule has 0 heterocycles. The van der Waals surface area contributed by atoms with Crippen molar-refractivity contribution >= 4 is 17.8 Å². The van der Waals surface area contributed by atoms with E-state index in [1.807, 2.05) is 6.92 Å². The van der Waals surface area contributed by atoms with Crippen LogP contribution in [-0.2, 0) is 0 Å². The molecule has 0 radical (unpaired) electrons. The fraction of sp³-hybridized carbons (Fsp3) is 0.400. The molecule has 0 bridgehead atoms. The highest BCUT2D eigenvalue weighted by atomic mass is 35.5. The number of hydrogen-bond acceptors (Lipinski definition) is 1. The predicted molar refractivity (Wildman–Crippen MR) is 34.0 cm³/mol. The van der Waals surface area contributed by atoms with Gasteiger partial charge in [-0.3, -0.25) is 4.99 Å². The van der Waals surface area contributed by atoms with Crippen LogP contribution in [0.5, 0.6) is 0 Å². The number of hydrogen-bond donors (Lipinski definition) is 0. The molecule has 0 aromatic rings. The van der Waals surface area contributed by atoms with E-state index in [9.17, 15) is 0 Å². The summed E-state index contributed by atoms with van der Waals surface area (Å²) in [7, 11) is 0. The molecule has 0 aliphatic heterocycles. The first kappa shape index (κ1) is 6.70. The second kappa shape index (κ2) is 3.88. The van der Waals surface area contributed by atoms with Crippen molar-refractivity contribution in [2.24, 2.45) is 4.99 Å². The summed E-state index contributed by atoms with van der Waals surface area (Å²) in [5.74, 6) is 0. The number of rotatable bonds is 2. The Morgan fingerprint density at radius 2 is 2.43 bits per heavy atom. The van der Waals surface area contributed by atoms with Gasteiger partial charge in [0, 0.05) is 12.4 Å². The summed E-state index contributed by atoms with van der Waals surface area (Å²) < 4.78 is 0. The van der Waals surface area contributed by atoms with Gasteiger partial charge in [0.05, 0.1) is 5.38 Å². The Kier molecular flexibility index (Phi) is 3.71. The van der Waals surface area contributed by atoms with E-state index in [1.165, 1.54) is 6.20 Å². The van der Waals surface area contributed by atoms with Crippen LogP contribution in [0.1, 0.15) is 6.92 Å². The Balaban J connectivity index is 3.25. The van der Waals surface area contributed by atoms with Gasteiger partial charge in [0.25, 0.3) is 0 Å². The SMILES string of the molecule is C=CN=CC(C)Cl. The van der Waals surface area contributed by atoms with Gasteiger partial charge >= 0.3 is 0 Å². The quantitative estimate of drug-likeness (QED) is 0.387. The second-order valence-corrected chi connectivity index (χ2v) is 1.85. The van der Waals surface area contributed by atoms with Crippen LogP contribution in [0.15, 0.2) is 17.8 Å². The normalized spacial score (nSPS) is 14.6. The van der Waals surface area contributed by atoms with Crippen LogP contribution in [0.4, 0.5) is 0 Å². The molecule has 0 rings (SSSR count). The Hall–Kier alpha value is -0.300. The van der Waals surface area contributed by atoms with E-state index < -0.39 is 0 Å². The van der Waals surface area contributed by atoms with Crippen molar-refractivity contribution in [3.63, 3.8) is 0 Å². The molecular weight excluding hydrogens is 110 g/mol. The minimum absolute atomic E-state index is 0.0120. The molecule has 0 N–H and O–H groups in total. The first-order valence-corrected chi connectivity index (χ1v) is 2.49. The van der Waals surface area contributed by atoms with Crippen molar-refractivity contribution in [1.82, 2.24) is 0 Å². The van der Waals surface area contributed by atoms with Crippen molar-refractivity contribution in [1.29, 1.82) is 0 Å². The molecule has 1 nitrogen and oxygen atoms in total. The molecule has 0 aromatic heterocycles. The fourth-order valence-corrected chi connectivity index (χ4v) is 0.245. The monoisotopic (exact) mass is 117 g/mol. The molecule has 0 aromatic carbocycles. The Labute approximate surface area is 48.7 Å². The van der Waals surface area contributed by atoms with Crippen molar-refractivity contribution in [3.05, 3.63) is 12.8 Å². The lowest BCUT2D eigenvalue weighted by atomic mass is 10.5. The van der Waals surface area contributed by atoms with Gasteiger partial charge in [0.1, 0.15) is 0 Å². The van der Waals surface area contributed by atoms with Crippen LogP contribution < -0.4 is 0 Å². The van der Waals surface area contributed by atoms with E-state index >= 15 is 0 Å². The van der Waals surface area contributed by atoms with Crippen molar-refractivity contribution in [2.45, 2.75) is 12.3 Å². The van der Waals surface area contributed by atoms with Crippen molar-refractivity contribution < 1.29 is 0 Å². The van der Waals surface area contributed by atoms with Crippen LogP contribution in [0, 0.1) is 0 Å². The average Bonchev–Trinajstić information content (AvgIpc) is 1.61. The standard InChI is InChI=1S/C5H8ClN/c1-3-7-4-5(2)6/h3-5H,1H2,2H3. The zero-order valence-corrected chi connectivity index (χ0v) is 5.02. The minimum Gasteiger partial charge on any atom is -0.268 e. The maximum absolute atomic E-state index is 5.46. The van der Waals surface area contributed by atoms with Gasteiger partial charge < -0.3 is 0 Å². The maximum Gasteiger partial charge on any atom is 0.0660 e. The van der Waals surface area contributed by atoms with Crippen LogP contribution in [0.3, 0.4) is 0 Å².